The van der Waals surface area contributed by atoms with Crippen LogP contribution in [-0.2, 0) is 10.0 Å². The van der Waals surface area contributed by atoms with Crippen LogP contribution in [-0.4, -0.2) is 32.5 Å². The Labute approximate surface area is 138 Å². The maximum atomic E-state index is 12.2. The predicted molar refractivity (Wildman–Crippen MR) is 91.7 cm³/mol. The number of benzene rings is 1. The molecule has 1 rings (SSSR count). The van der Waals surface area contributed by atoms with Gasteiger partial charge in [-0.15, -0.1) is 0 Å². The predicted octanol–water partition coefficient (Wildman–Crippen LogP) is 1.62. The molecule has 130 valence electrons. The first kappa shape index (κ1) is 19.6. The molecule has 0 unspecified atom stereocenters. The number of amides is 1. The molecular weight excluding hydrogens is 314 g/mol. The molecule has 0 radical (unpaired) electrons. The molecule has 1 aromatic carbocycles. The van der Waals surface area contributed by atoms with Crippen molar-refractivity contribution in [2.24, 2.45) is 5.73 Å². The van der Waals surface area contributed by atoms with Gasteiger partial charge >= 0.3 is 0 Å². The van der Waals surface area contributed by atoms with Gasteiger partial charge in [0.15, 0.2) is 0 Å². The van der Waals surface area contributed by atoms with Gasteiger partial charge in [0.1, 0.15) is 0 Å². The zero-order chi connectivity index (χ0) is 17.7. The van der Waals surface area contributed by atoms with Crippen molar-refractivity contribution in [1.29, 1.82) is 0 Å². The normalized spacial score (nSPS) is 12.4. The van der Waals surface area contributed by atoms with Crippen LogP contribution < -0.4 is 15.8 Å². The number of hydrogen-bond donors (Lipinski definition) is 3. The summed E-state index contributed by atoms with van der Waals surface area (Å²) in [6.07, 6.45) is 1.49. The average Bonchev–Trinajstić information content (AvgIpc) is 2.51. The summed E-state index contributed by atoms with van der Waals surface area (Å²) in [5, 5.41) is 2.78. The number of nitrogens with two attached hydrogens (primary N) is 1. The highest BCUT2D eigenvalue weighted by molar-refractivity contribution is 7.89. The number of nitrogens with one attached hydrogen (secondary N) is 2. The van der Waals surface area contributed by atoms with E-state index in [1.165, 1.54) is 12.1 Å². The lowest BCUT2D eigenvalue weighted by atomic mass is 9.94. The Hall–Kier alpha value is -1.44. The molecule has 0 atom stereocenters. The van der Waals surface area contributed by atoms with Crippen molar-refractivity contribution in [1.82, 2.24) is 10.0 Å². The van der Waals surface area contributed by atoms with Crippen molar-refractivity contribution in [2.75, 3.05) is 6.54 Å². The third-order valence-electron chi connectivity index (χ3n) is 3.81. The second kappa shape index (κ2) is 7.90. The fourth-order valence-electron chi connectivity index (χ4n) is 2.04. The van der Waals surface area contributed by atoms with Gasteiger partial charge in [-0.1, -0.05) is 19.9 Å². The Morgan fingerprint density at radius 3 is 2.39 bits per heavy atom. The highest BCUT2D eigenvalue weighted by atomic mass is 32.2. The van der Waals surface area contributed by atoms with Crippen LogP contribution in [0.25, 0.3) is 0 Å². The summed E-state index contributed by atoms with van der Waals surface area (Å²) in [6, 6.07) is 5.76. The third-order valence-corrected chi connectivity index (χ3v) is 5.46. The van der Waals surface area contributed by atoms with Gasteiger partial charge in [0.25, 0.3) is 5.91 Å². The Balaban J connectivity index is 2.90. The van der Waals surface area contributed by atoms with Gasteiger partial charge in [0, 0.05) is 23.7 Å². The van der Waals surface area contributed by atoms with E-state index in [0.29, 0.717) is 12.1 Å². The van der Waals surface area contributed by atoms with Gasteiger partial charge in [0.05, 0.1) is 4.90 Å². The molecule has 0 heterocycles. The molecule has 0 saturated carbocycles. The highest BCUT2D eigenvalue weighted by Gasteiger charge is 2.22. The Kier molecular flexibility index (Phi) is 6.73. The number of sulfonamides is 1. The molecule has 0 fully saturated rings. The molecule has 4 N–H and O–H groups in total. The van der Waals surface area contributed by atoms with Crippen LogP contribution in [0.3, 0.4) is 0 Å². The van der Waals surface area contributed by atoms with E-state index in [2.05, 4.69) is 10.0 Å². The molecule has 1 aromatic rings. The summed E-state index contributed by atoms with van der Waals surface area (Å²) in [5.74, 6) is -0.330. The summed E-state index contributed by atoms with van der Waals surface area (Å²) in [5.41, 5.74) is 6.01. The minimum atomic E-state index is -3.62. The second-order valence-electron chi connectivity index (χ2n) is 6.06. The van der Waals surface area contributed by atoms with Gasteiger partial charge in [-0.05, 0) is 44.9 Å². The van der Waals surface area contributed by atoms with Crippen LogP contribution in [0.2, 0.25) is 0 Å². The molecular formula is C16H27N3O3S. The van der Waals surface area contributed by atoms with Gasteiger partial charge in [0.2, 0.25) is 10.0 Å². The molecule has 1 amide bonds. The molecule has 0 aliphatic rings. The van der Waals surface area contributed by atoms with E-state index < -0.39 is 15.6 Å². The van der Waals surface area contributed by atoms with E-state index in [1.807, 2.05) is 13.8 Å². The van der Waals surface area contributed by atoms with Crippen LogP contribution in [0.1, 0.15) is 50.9 Å². The molecule has 0 aliphatic carbocycles. The fourth-order valence-corrected chi connectivity index (χ4v) is 3.34. The van der Waals surface area contributed by atoms with E-state index in [1.54, 1.807) is 26.0 Å². The summed E-state index contributed by atoms with van der Waals surface area (Å²) in [7, 11) is -3.62. The van der Waals surface area contributed by atoms with Crippen LogP contribution in [0.5, 0.6) is 0 Å². The number of rotatable bonds is 8. The first-order chi connectivity index (χ1) is 10.6. The number of hydrogen-bond acceptors (Lipinski definition) is 4. The summed E-state index contributed by atoms with van der Waals surface area (Å²) in [6.45, 7) is 7.77. The standard InChI is InChI=1S/C16H27N3O3S/c1-5-16(17,6-2)11-18-15(20)13-8-7-9-14(10-13)23(21,22)19-12(3)4/h7-10,12,19H,5-6,11,17H2,1-4H3,(H,18,20). The largest absolute Gasteiger partial charge is 0.350 e. The lowest BCUT2D eigenvalue weighted by Crippen LogP contribution is -2.49. The van der Waals surface area contributed by atoms with Crippen LogP contribution >= 0.6 is 0 Å². The Morgan fingerprint density at radius 1 is 1.26 bits per heavy atom. The minimum Gasteiger partial charge on any atom is -0.350 e. The Bertz CT molecular complexity index is 638. The van der Waals surface area contributed by atoms with Crippen LogP contribution in [0, 0.1) is 0 Å². The molecule has 0 aliphatic heterocycles. The lowest BCUT2D eigenvalue weighted by molar-refractivity contribution is 0.0942. The van der Waals surface area contributed by atoms with Gasteiger partial charge in [-0.3, -0.25) is 4.79 Å². The summed E-state index contributed by atoms with van der Waals surface area (Å²) < 4.78 is 26.8. The van der Waals surface area contributed by atoms with Crippen LogP contribution in [0.15, 0.2) is 29.2 Å². The number of carbonyl (C=O) groups is 1. The first-order valence-electron chi connectivity index (χ1n) is 7.83. The summed E-state index contributed by atoms with van der Waals surface area (Å²) >= 11 is 0. The first-order valence-corrected chi connectivity index (χ1v) is 9.31. The van der Waals surface area contributed by atoms with Crippen molar-refractivity contribution < 1.29 is 13.2 Å². The SMILES string of the molecule is CCC(N)(CC)CNC(=O)c1cccc(S(=O)(=O)NC(C)C)c1. The van der Waals surface area contributed by atoms with E-state index in [4.69, 9.17) is 5.73 Å². The van der Waals surface area contributed by atoms with Crippen molar-refractivity contribution in [2.45, 2.75) is 57.0 Å². The molecule has 6 nitrogen and oxygen atoms in total. The van der Waals surface area contributed by atoms with Crippen molar-refractivity contribution in [3.63, 3.8) is 0 Å². The van der Waals surface area contributed by atoms with Crippen molar-refractivity contribution in [3.8, 4) is 0 Å². The maximum Gasteiger partial charge on any atom is 0.251 e. The molecule has 0 aromatic heterocycles. The van der Waals surface area contributed by atoms with Gasteiger partial charge in [-0.2, -0.15) is 0 Å². The zero-order valence-corrected chi connectivity index (χ0v) is 15.0. The average molecular weight is 341 g/mol. The molecule has 0 saturated heterocycles. The van der Waals surface area contributed by atoms with E-state index >= 15 is 0 Å². The van der Waals surface area contributed by atoms with Crippen molar-refractivity contribution >= 4 is 15.9 Å². The molecule has 0 bridgehead atoms. The molecule has 23 heavy (non-hydrogen) atoms. The quantitative estimate of drug-likeness (QED) is 0.669. The Morgan fingerprint density at radius 2 is 1.87 bits per heavy atom. The van der Waals surface area contributed by atoms with Gasteiger partial charge in [-0.25, -0.2) is 13.1 Å². The smallest absolute Gasteiger partial charge is 0.251 e. The highest BCUT2D eigenvalue weighted by Crippen LogP contribution is 2.13. The lowest BCUT2D eigenvalue weighted by Gasteiger charge is -2.26. The maximum absolute atomic E-state index is 12.2. The topological polar surface area (TPSA) is 101 Å². The van der Waals surface area contributed by atoms with E-state index in [9.17, 15) is 13.2 Å². The molecule has 0 spiro atoms. The van der Waals surface area contributed by atoms with Crippen LogP contribution in [0.4, 0.5) is 0 Å². The monoisotopic (exact) mass is 341 g/mol. The second-order valence-corrected chi connectivity index (χ2v) is 7.77. The minimum absolute atomic E-state index is 0.0730. The van der Waals surface area contributed by atoms with Gasteiger partial charge < -0.3 is 11.1 Å². The molecule has 7 heteroatoms. The van der Waals surface area contributed by atoms with E-state index in [-0.39, 0.29) is 16.8 Å². The van der Waals surface area contributed by atoms with E-state index in [0.717, 1.165) is 12.8 Å². The zero-order valence-electron chi connectivity index (χ0n) is 14.2. The summed E-state index contributed by atoms with van der Waals surface area (Å²) in [4.78, 5) is 12.3. The van der Waals surface area contributed by atoms with Crippen molar-refractivity contribution in [3.05, 3.63) is 29.8 Å². The third kappa shape index (κ3) is 5.60. The number of carbonyl (C=O) groups excluding carboxylic acids is 1. The fraction of sp³-hybridized carbons (Fsp3) is 0.562.